The van der Waals surface area contributed by atoms with Crippen molar-refractivity contribution in [3.05, 3.63) is 29.8 Å². The number of rotatable bonds is 4. The number of fused-ring (bicyclic) bond motifs is 1. The smallest absolute Gasteiger partial charge is 0.299 e. The summed E-state index contributed by atoms with van der Waals surface area (Å²) in [4.78, 5) is 25.5. The van der Waals surface area contributed by atoms with Crippen molar-refractivity contribution in [1.82, 2.24) is 0 Å². The van der Waals surface area contributed by atoms with E-state index in [2.05, 4.69) is 22.9 Å². The number of anilines is 1. The monoisotopic (exact) mass is 295 g/mol. The van der Waals surface area contributed by atoms with Gasteiger partial charge in [-0.1, -0.05) is 35.0 Å². The van der Waals surface area contributed by atoms with Crippen LogP contribution in [0.25, 0.3) is 0 Å². The van der Waals surface area contributed by atoms with Gasteiger partial charge in [-0.05, 0) is 25.0 Å². The van der Waals surface area contributed by atoms with E-state index >= 15 is 0 Å². The number of nitrogens with zero attached hydrogens (tertiary/aromatic N) is 1. The first kappa shape index (κ1) is 12.3. The Morgan fingerprint density at radius 3 is 2.71 bits per heavy atom. The van der Waals surface area contributed by atoms with E-state index in [0.29, 0.717) is 16.9 Å². The maximum Gasteiger partial charge on any atom is 0.299 e. The van der Waals surface area contributed by atoms with Crippen molar-refractivity contribution in [2.45, 2.75) is 24.6 Å². The van der Waals surface area contributed by atoms with Crippen LogP contribution < -0.4 is 4.90 Å². The number of amides is 1. The molecule has 0 spiro atoms. The van der Waals surface area contributed by atoms with E-state index in [0.717, 1.165) is 18.5 Å². The second kappa shape index (κ2) is 5.00. The van der Waals surface area contributed by atoms with Crippen LogP contribution in [0.4, 0.5) is 5.69 Å². The molecular weight excluding hydrogens is 282 g/mol. The summed E-state index contributed by atoms with van der Waals surface area (Å²) in [6, 6.07) is 7.18. The molecule has 1 heterocycles. The molecule has 0 saturated carbocycles. The Hall–Kier alpha value is -1.16. The van der Waals surface area contributed by atoms with E-state index in [1.54, 1.807) is 17.0 Å². The third kappa shape index (κ3) is 2.41. The average molecular weight is 296 g/mol. The lowest BCUT2D eigenvalue weighted by Gasteiger charge is -2.16. The van der Waals surface area contributed by atoms with Crippen LogP contribution >= 0.6 is 15.9 Å². The summed E-state index contributed by atoms with van der Waals surface area (Å²) >= 11 is 3.47. The topological polar surface area (TPSA) is 37.4 Å². The molecule has 1 unspecified atom stereocenters. The van der Waals surface area contributed by atoms with Gasteiger partial charge in [-0.15, -0.1) is 0 Å². The highest BCUT2D eigenvalue weighted by Crippen LogP contribution is 2.28. The van der Waals surface area contributed by atoms with E-state index < -0.39 is 5.91 Å². The quantitative estimate of drug-likeness (QED) is 0.633. The number of carbonyl (C=O) groups is 2. The minimum atomic E-state index is -0.395. The van der Waals surface area contributed by atoms with Gasteiger partial charge in [0.25, 0.3) is 11.7 Å². The molecule has 2 rings (SSSR count). The van der Waals surface area contributed by atoms with Crippen molar-refractivity contribution >= 4 is 33.3 Å². The Balaban J connectivity index is 2.13. The third-order valence-electron chi connectivity index (χ3n) is 2.86. The Bertz CT molecular complexity index is 456. The summed E-state index contributed by atoms with van der Waals surface area (Å²) in [5, 5.41) is 0. The third-order valence-corrected chi connectivity index (χ3v) is 3.32. The lowest BCUT2D eigenvalue weighted by atomic mass is 10.1. The predicted molar refractivity (Wildman–Crippen MR) is 70.7 cm³/mol. The Morgan fingerprint density at radius 2 is 2.00 bits per heavy atom. The van der Waals surface area contributed by atoms with Crippen molar-refractivity contribution in [2.75, 3.05) is 11.4 Å². The second-order valence-electron chi connectivity index (χ2n) is 4.23. The normalized spacial score (nSPS) is 16.2. The minimum absolute atomic E-state index is 0.382. The van der Waals surface area contributed by atoms with Crippen molar-refractivity contribution in [3.8, 4) is 0 Å². The van der Waals surface area contributed by atoms with Crippen molar-refractivity contribution in [1.29, 1.82) is 0 Å². The van der Waals surface area contributed by atoms with Crippen LogP contribution in [0.5, 0.6) is 0 Å². The van der Waals surface area contributed by atoms with Crippen LogP contribution in [-0.2, 0) is 4.79 Å². The number of hydrogen-bond acceptors (Lipinski definition) is 2. The summed E-state index contributed by atoms with van der Waals surface area (Å²) in [5.74, 6) is -0.777. The fourth-order valence-electron chi connectivity index (χ4n) is 2.00. The summed E-state index contributed by atoms with van der Waals surface area (Å²) in [7, 11) is 0. The first-order chi connectivity index (χ1) is 8.11. The zero-order valence-corrected chi connectivity index (χ0v) is 11.2. The molecule has 0 radical (unpaired) electrons. The van der Waals surface area contributed by atoms with Gasteiger partial charge in [0.05, 0.1) is 11.3 Å². The van der Waals surface area contributed by atoms with E-state index in [1.807, 2.05) is 12.1 Å². The van der Waals surface area contributed by atoms with Gasteiger partial charge in [0.15, 0.2) is 0 Å². The number of halogens is 1. The molecular formula is C13H14BrNO2. The fraction of sp³-hybridized carbons (Fsp3) is 0.385. The minimum Gasteiger partial charge on any atom is -0.305 e. The van der Waals surface area contributed by atoms with Gasteiger partial charge in [0.2, 0.25) is 0 Å². The largest absolute Gasteiger partial charge is 0.305 e. The van der Waals surface area contributed by atoms with Gasteiger partial charge < -0.3 is 4.90 Å². The van der Waals surface area contributed by atoms with Gasteiger partial charge in [0.1, 0.15) is 0 Å². The van der Waals surface area contributed by atoms with Gasteiger partial charge in [0, 0.05) is 11.4 Å². The van der Waals surface area contributed by atoms with Crippen molar-refractivity contribution < 1.29 is 9.59 Å². The predicted octanol–water partition coefficient (Wildman–Crippen LogP) is 2.78. The fourth-order valence-corrected chi connectivity index (χ4v) is 2.32. The molecule has 1 amide bonds. The van der Waals surface area contributed by atoms with Crippen LogP contribution in [0, 0.1) is 0 Å². The van der Waals surface area contributed by atoms with Crippen LogP contribution in [0.2, 0.25) is 0 Å². The van der Waals surface area contributed by atoms with Gasteiger partial charge in [-0.3, -0.25) is 9.59 Å². The van der Waals surface area contributed by atoms with Gasteiger partial charge in [-0.2, -0.15) is 0 Å². The molecule has 0 saturated heterocycles. The van der Waals surface area contributed by atoms with Crippen LogP contribution in [0.1, 0.15) is 30.1 Å². The molecule has 4 heteroatoms. The Morgan fingerprint density at radius 1 is 1.29 bits per heavy atom. The lowest BCUT2D eigenvalue weighted by Crippen LogP contribution is -2.30. The number of carbonyl (C=O) groups excluding carboxylic acids is 2. The maximum absolute atomic E-state index is 11.8. The highest BCUT2D eigenvalue weighted by Gasteiger charge is 2.34. The molecule has 1 aromatic rings. The number of hydrogen-bond donors (Lipinski definition) is 0. The molecule has 0 aliphatic carbocycles. The SMILES string of the molecule is CC(Br)CCCN1C(=O)C(=O)c2ccccc21. The molecule has 1 aromatic carbocycles. The molecule has 17 heavy (non-hydrogen) atoms. The van der Waals surface area contributed by atoms with Crippen molar-refractivity contribution in [3.63, 3.8) is 0 Å². The molecule has 0 bridgehead atoms. The zero-order chi connectivity index (χ0) is 12.4. The van der Waals surface area contributed by atoms with Crippen LogP contribution in [0.15, 0.2) is 24.3 Å². The number of Topliss-reactive ketones (excluding diaryl/α,β-unsaturated/α-hetero) is 1. The Kier molecular flexibility index (Phi) is 3.62. The molecule has 1 atom stereocenters. The standard InChI is InChI=1S/C13H14BrNO2/c1-9(14)5-4-8-15-11-7-3-2-6-10(11)12(16)13(15)17/h2-3,6-7,9H,4-5,8H2,1H3. The molecule has 0 fully saturated rings. The summed E-state index contributed by atoms with van der Waals surface area (Å²) in [6.45, 7) is 2.68. The number of ketones is 1. The molecule has 1 aliphatic heterocycles. The highest BCUT2D eigenvalue weighted by atomic mass is 79.9. The van der Waals surface area contributed by atoms with Gasteiger partial charge in [-0.25, -0.2) is 0 Å². The summed E-state index contributed by atoms with van der Waals surface area (Å²) in [6.07, 6.45) is 1.87. The van der Waals surface area contributed by atoms with E-state index in [4.69, 9.17) is 0 Å². The Labute approximate surface area is 109 Å². The van der Waals surface area contributed by atoms with Crippen LogP contribution in [0.3, 0.4) is 0 Å². The molecule has 3 nitrogen and oxygen atoms in total. The lowest BCUT2D eigenvalue weighted by molar-refractivity contribution is -0.114. The number of para-hydroxylation sites is 1. The number of benzene rings is 1. The van der Waals surface area contributed by atoms with Crippen LogP contribution in [-0.4, -0.2) is 23.1 Å². The maximum atomic E-state index is 11.8. The average Bonchev–Trinajstić information content (AvgIpc) is 2.54. The summed E-state index contributed by atoms with van der Waals surface area (Å²) in [5.41, 5.74) is 1.29. The van der Waals surface area contributed by atoms with E-state index in [9.17, 15) is 9.59 Å². The highest BCUT2D eigenvalue weighted by molar-refractivity contribution is 9.09. The first-order valence-corrected chi connectivity index (χ1v) is 6.62. The molecule has 90 valence electrons. The molecule has 0 N–H and O–H groups in total. The van der Waals surface area contributed by atoms with Gasteiger partial charge >= 0.3 is 0 Å². The number of alkyl halides is 1. The van der Waals surface area contributed by atoms with Crippen molar-refractivity contribution in [2.24, 2.45) is 0 Å². The van der Waals surface area contributed by atoms with E-state index in [-0.39, 0.29) is 5.78 Å². The first-order valence-electron chi connectivity index (χ1n) is 5.70. The zero-order valence-electron chi connectivity index (χ0n) is 9.65. The second-order valence-corrected chi connectivity index (χ2v) is 5.79. The molecule has 0 aromatic heterocycles. The van der Waals surface area contributed by atoms with E-state index in [1.165, 1.54) is 0 Å². The summed E-state index contributed by atoms with van der Waals surface area (Å²) < 4.78 is 0. The molecule has 1 aliphatic rings.